The highest BCUT2D eigenvalue weighted by molar-refractivity contribution is 7.89. The Morgan fingerprint density at radius 1 is 0.963 bits per heavy atom. The van der Waals surface area contributed by atoms with Crippen LogP contribution in [0.4, 0.5) is 0 Å². The summed E-state index contributed by atoms with van der Waals surface area (Å²) in [6.07, 6.45) is 0. The summed E-state index contributed by atoms with van der Waals surface area (Å²) in [5.41, 5.74) is 0.541. The molecule has 0 saturated carbocycles. The van der Waals surface area contributed by atoms with Gasteiger partial charge in [0.05, 0.1) is 19.1 Å². The number of benzene rings is 2. The van der Waals surface area contributed by atoms with Gasteiger partial charge in [-0.15, -0.1) is 0 Å². The molecule has 2 aromatic carbocycles. The van der Waals surface area contributed by atoms with Crippen molar-refractivity contribution in [2.45, 2.75) is 30.8 Å². The summed E-state index contributed by atoms with van der Waals surface area (Å²) in [7, 11) is -1.11. The van der Waals surface area contributed by atoms with Gasteiger partial charge in [0.1, 0.15) is 6.04 Å². The SMILES string of the molecule is COc1ccc(S(=O)(=O)N[C@H](C(=O)NC(C)C)c2ccccc2)cc1OC. The third-order valence-electron chi connectivity index (χ3n) is 3.76. The molecule has 0 fully saturated rings. The van der Waals surface area contributed by atoms with Gasteiger partial charge in [0.25, 0.3) is 0 Å². The lowest BCUT2D eigenvalue weighted by molar-refractivity contribution is -0.123. The van der Waals surface area contributed by atoms with Crippen LogP contribution < -0.4 is 19.5 Å². The lowest BCUT2D eigenvalue weighted by Crippen LogP contribution is -2.42. The zero-order chi connectivity index (χ0) is 20.0. The van der Waals surface area contributed by atoms with Gasteiger partial charge in [0.2, 0.25) is 15.9 Å². The van der Waals surface area contributed by atoms with Crippen LogP contribution in [0.2, 0.25) is 0 Å². The topological polar surface area (TPSA) is 93.7 Å². The number of carbonyl (C=O) groups excluding carboxylic acids is 1. The maximum absolute atomic E-state index is 12.9. The molecular weight excluding hydrogens is 368 g/mol. The van der Waals surface area contributed by atoms with Crippen molar-refractivity contribution in [2.75, 3.05) is 14.2 Å². The fraction of sp³-hybridized carbons (Fsp3) is 0.316. The number of carbonyl (C=O) groups is 1. The first-order chi connectivity index (χ1) is 12.8. The highest BCUT2D eigenvalue weighted by atomic mass is 32.2. The predicted octanol–water partition coefficient (Wildman–Crippen LogP) is 2.25. The third kappa shape index (κ3) is 5.21. The Balaban J connectivity index is 2.39. The number of hydrogen-bond donors (Lipinski definition) is 2. The normalized spacial score (nSPS) is 12.5. The maximum atomic E-state index is 12.9. The minimum atomic E-state index is -3.99. The van der Waals surface area contributed by atoms with Crippen molar-refractivity contribution in [3.63, 3.8) is 0 Å². The van der Waals surface area contributed by atoms with Gasteiger partial charge in [-0.05, 0) is 31.5 Å². The zero-order valence-corrected chi connectivity index (χ0v) is 16.5. The van der Waals surface area contributed by atoms with E-state index in [2.05, 4.69) is 10.0 Å². The predicted molar refractivity (Wildman–Crippen MR) is 102 cm³/mol. The summed E-state index contributed by atoms with van der Waals surface area (Å²) in [6.45, 7) is 3.62. The van der Waals surface area contributed by atoms with Crippen molar-refractivity contribution in [3.05, 3.63) is 54.1 Å². The van der Waals surface area contributed by atoms with E-state index in [0.29, 0.717) is 11.3 Å². The maximum Gasteiger partial charge on any atom is 0.242 e. The monoisotopic (exact) mass is 392 g/mol. The minimum Gasteiger partial charge on any atom is -0.493 e. The molecule has 8 heteroatoms. The largest absolute Gasteiger partial charge is 0.493 e. The van der Waals surface area contributed by atoms with Gasteiger partial charge in [-0.2, -0.15) is 4.72 Å². The van der Waals surface area contributed by atoms with Crippen LogP contribution in [0.5, 0.6) is 11.5 Å². The van der Waals surface area contributed by atoms with Gasteiger partial charge in [0.15, 0.2) is 11.5 Å². The number of sulfonamides is 1. The van der Waals surface area contributed by atoms with Gasteiger partial charge in [-0.25, -0.2) is 8.42 Å². The number of hydrogen-bond acceptors (Lipinski definition) is 5. The van der Waals surface area contributed by atoms with E-state index in [1.807, 2.05) is 13.8 Å². The van der Waals surface area contributed by atoms with E-state index in [4.69, 9.17) is 9.47 Å². The molecule has 0 aliphatic heterocycles. The molecular formula is C19H24N2O5S. The molecule has 0 radical (unpaired) electrons. The fourth-order valence-corrected chi connectivity index (χ4v) is 3.69. The summed E-state index contributed by atoms with van der Waals surface area (Å²) >= 11 is 0. The molecule has 1 amide bonds. The first-order valence-electron chi connectivity index (χ1n) is 8.38. The molecule has 0 aliphatic carbocycles. The minimum absolute atomic E-state index is 0.0292. The van der Waals surface area contributed by atoms with Gasteiger partial charge in [-0.3, -0.25) is 4.79 Å². The Morgan fingerprint density at radius 3 is 2.15 bits per heavy atom. The Hall–Kier alpha value is -2.58. The van der Waals surface area contributed by atoms with Crippen molar-refractivity contribution in [1.82, 2.24) is 10.0 Å². The first-order valence-corrected chi connectivity index (χ1v) is 9.86. The van der Waals surface area contributed by atoms with E-state index >= 15 is 0 Å². The molecule has 1 atom stereocenters. The van der Waals surface area contributed by atoms with Crippen molar-refractivity contribution in [2.24, 2.45) is 0 Å². The summed E-state index contributed by atoms with van der Waals surface area (Å²) in [5, 5.41) is 2.75. The van der Waals surface area contributed by atoms with Crippen LogP contribution in [0.25, 0.3) is 0 Å². The van der Waals surface area contributed by atoms with Crippen LogP contribution >= 0.6 is 0 Å². The molecule has 0 unspecified atom stereocenters. The van der Waals surface area contributed by atoms with Crippen LogP contribution in [0.1, 0.15) is 25.5 Å². The van der Waals surface area contributed by atoms with E-state index in [-0.39, 0.29) is 16.7 Å². The van der Waals surface area contributed by atoms with Gasteiger partial charge in [0, 0.05) is 12.1 Å². The smallest absolute Gasteiger partial charge is 0.242 e. The molecule has 0 spiro atoms. The second-order valence-electron chi connectivity index (χ2n) is 6.15. The molecule has 2 rings (SSSR count). The van der Waals surface area contributed by atoms with Gasteiger partial charge in [-0.1, -0.05) is 30.3 Å². The molecule has 0 aliphatic rings. The lowest BCUT2D eigenvalue weighted by Gasteiger charge is -2.20. The van der Waals surface area contributed by atoms with E-state index in [0.717, 1.165) is 0 Å². The lowest BCUT2D eigenvalue weighted by atomic mass is 10.1. The summed E-state index contributed by atoms with van der Waals surface area (Å²) in [6, 6.07) is 11.7. The highest BCUT2D eigenvalue weighted by Gasteiger charge is 2.28. The summed E-state index contributed by atoms with van der Waals surface area (Å²) in [5.74, 6) is 0.261. The Bertz CT molecular complexity index is 882. The van der Waals surface area contributed by atoms with Crippen LogP contribution in [0.15, 0.2) is 53.4 Å². The van der Waals surface area contributed by atoms with Crippen molar-refractivity contribution < 1.29 is 22.7 Å². The molecule has 0 bridgehead atoms. The van der Waals surface area contributed by atoms with Crippen LogP contribution in [-0.4, -0.2) is 34.6 Å². The van der Waals surface area contributed by atoms with Crippen molar-refractivity contribution in [3.8, 4) is 11.5 Å². The van der Waals surface area contributed by atoms with Gasteiger partial charge < -0.3 is 14.8 Å². The molecule has 2 N–H and O–H groups in total. The number of nitrogens with one attached hydrogen (secondary N) is 2. The second-order valence-corrected chi connectivity index (χ2v) is 7.86. The average Bonchev–Trinajstić information content (AvgIpc) is 2.65. The molecule has 0 heterocycles. The standard InChI is InChI=1S/C19H24N2O5S/c1-13(2)20-19(22)18(14-8-6-5-7-9-14)21-27(23,24)15-10-11-16(25-3)17(12-15)26-4/h5-13,18,21H,1-4H3,(H,20,22)/t18-/m0/s1. The third-order valence-corrected chi connectivity index (χ3v) is 5.18. The Labute approximate surface area is 159 Å². The average molecular weight is 392 g/mol. The van der Waals surface area contributed by atoms with E-state index in [1.165, 1.54) is 32.4 Å². The van der Waals surface area contributed by atoms with Crippen LogP contribution in [0.3, 0.4) is 0 Å². The molecule has 7 nitrogen and oxygen atoms in total. The Morgan fingerprint density at radius 2 is 1.59 bits per heavy atom. The molecule has 2 aromatic rings. The van der Waals surface area contributed by atoms with E-state index in [1.54, 1.807) is 30.3 Å². The summed E-state index contributed by atoms with van der Waals surface area (Å²) in [4.78, 5) is 12.6. The molecule has 0 aromatic heterocycles. The van der Waals surface area contributed by atoms with Gasteiger partial charge >= 0.3 is 0 Å². The fourth-order valence-electron chi connectivity index (χ4n) is 2.49. The quantitative estimate of drug-likeness (QED) is 0.719. The summed E-state index contributed by atoms with van der Waals surface area (Å²) < 4.78 is 38.6. The first kappa shape index (κ1) is 20.7. The Kier molecular flexibility index (Phi) is 6.81. The number of ether oxygens (including phenoxy) is 2. The van der Waals surface area contributed by atoms with Crippen LogP contribution in [-0.2, 0) is 14.8 Å². The number of rotatable bonds is 8. The number of amides is 1. The number of methoxy groups -OCH3 is 2. The second kappa shape index (κ2) is 8.88. The van der Waals surface area contributed by atoms with E-state index < -0.39 is 22.0 Å². The van der Waals surface area contributed by atoms with Crippen molar-refractivity contribution >= 4 is 15.9 Å². The van der Waals surface area contributed by atoms with Crippen molar-refractivity contribution in [1.29, 1.82) is 0 Å². The molecule has 0 saturated heterocycles. The van der Waals surface area contributed by atoms with Crippen LogP contribution in [0, 0.1) is 0 Å². The zero-order valence-electron chi connectivity index (χ0n) is 15.7. The van der Waals surface area contributed by atoms with E-state index in [9.17, 15) is 13.2 Å². The molecule has 27 heavy (non-hydrogen) atoms. The highest BCUT2D eigenvalue weighted by Crippen LogP contribution is 2.30. The molecule has 146 valence electrons.